The molecule has 3 aliphatic rings. The first kappa shape index (κ1) is 11.1. The molecule has 1 spiro atoms. The van der Waals surface area contributed by atoms with Gasteiger partial charge in [0.15, 0.2) is 0 Å². The molecule has 4 heteroatoms. The molecular weight excluding hydrogens is 216 g/mol. The Morgan fingerprint density at radius 3 is 2.76 bits per heavy atom. The number of hydrazone groups is 1. The van der Waals surface area contributed by atoms with E-state index < -0.39 is 0 Å². The second kappa shape index (κ2) is 3.03. The maximum atomic E-state index is 12.0. The minimum absolute atomic E-state index is 0.0480. The largest absolute Gasteiger partial charge is 0.442 e. The third-order valence-corrected chi connectivity index (χ3v) is 5.14. The van der Waals surface area contributed by atoms with Crippen molar-refractivity contribution in [2.24, 2.45) is 16.4 Å². The smallest absolute Gasteiger partial charge is 0.431 e. The van der Waals surface area contributed by atoms with E-state index >= 15 is 0 Å². The second-order valence-corrected chi connectivity index (χ2v) is 6.35. The number of amides is 1. The number of hydrogen-bond donors (Lipinski definition) is 0. The minimum atomic E-state index is -0.260. The van der Waals surface area contributed by atoms with E-state index in [1.54, 1.807) is 5.01 Å². The van der Waals surface area contributed by atoms with Crippen LogP contribution in [0.4, 0.5) is 4.79 Å². The molecule has 0 aromatic rings. The highest BCUT2D eigenvalue weighted by Gasteiger charge is 2.73. The van der Waals surface area contributed by atoms with Gasteiger partial charge in [-0.25, -0.2) is 4.79 Å². The Kier molecular flexibility index (Phi) is 1.97. The van der Waals surface area contributed by atoms with Crippen molar-refractivity contribution >= 4 is 11.8 Å². The average molecular weight is 236 g/mol. The van der Waals surface area contributed by atoms with Crippen LogP contribution in [0.1, 0.15) is 47.0 Å². The molecule has 0 radical (unpaired) electrons. The van der Waals surface area contributed by atoms with Gasteiger partial charge in [-0.3, -0.25) is 0 Å². The molecule has 94 valence electrons. The van der Waals surface area contributed by atoms with Gasteiger partial charge in [-0.2, -0.15) is 10.1 Å². The summed E-state index contributed by atoms with van der Waals surface area (Å²) in [5.41, 5.74) is 0.831. The number of carbonyl (C=O) groups is 1. The molecule has 2 bridgehead atoms. The van der Waals surface area contributed by atoms with Crippen molar-refractivity contribution in [1.29, 1.82) is 0 Å². The summed E-state index contributed by atoms with van der Waals surface area (Å²) in [7, 11) is 0. The summed E-state index contributed by atoms with van der Waals surface area (Å²) in [4.78, 5) is 12.0. The van der Waals surface area contributed by atoms with Crippen LogP contribution in [-0.4, -0.2) is 28.5 Å². The van der Waals surface area contributed by atoms with E-state index in [9.17, 15) is 4.79 Å². The Morgan fingerprint density at radius 2 is 2.18 bits per heavy atom. The standard InChI is InChI=1S/C13H20N2O2/c1-8(2)14-15-11(16)17-10-7-9-5-6-13(10,15)12(9,3)4/h9-10H,5-7H2,1-4H3/t9-,10-,13+/m1/s1. The minimum Gasteiger partial charge on any atom is -0.442 e. The van der Waals surface area contributed by atoms with Gasteiger partial charge in [0, 0.05) is 5.71 Å². The monoisotopic (exact) mass is 236 g/mol. The van der Waals surface area contributed by atoms with Gasteiger partial charge in [-0.05, 0) is 44.4 Å². The molecule has 2 aliphatic carbocycles. The predicted molar refractivity (Wildman–Crippen MR) is 64.7 cm³/mol. The Labute approximate surface area is 102 Å². The van der Waals surface area contributed by atoms with Gasteiger partial charge >= 0.3 is 6.09 Å². The Bertz CT molecular complexity index is 412. The van der Waals surface area contributed by atoms with Gasteiger partial charge in [-0.15, -0.1) is 0 Å². The van der Waals surface area contributed by atoms with E-state index in [2.05, 4.69) is 18.9 Å². The van der Waals surface area contributed by atoms with E-state index in [1.165, 1.54) is 6.42 Å². The summed E-state index contributed by atoms with van der Waals surface area (Å²) in [5, 5.41) is 6.09. The molecule has 3 fully saturated rings. The summed E-state index contributed by atoms with van der Waals surface area (Å²) >= 11 is 0. The molecular formula is C13H20N2O2. The van der Waals surface area contributed by atoms with Gasteiger partial charge < -0.3 is 4.74 Å². The molecule has 3 atom stereocenters. The summed E-state index contributed by atoms with van der Waals surface area (Å²) in [5.74, 6) is 0.662. The fourth-order valence-corrected chi connectivity index (χ4v) is 4.20. The van der Waals surface area contributed by atoms with Crippen molar-refractivity contribution in [3.05, 3.63) is 0 Å². The van der Waals surface area contributed by atoms with E-state index in [4.69, 9.17) is 4.74 Å². The molecule has 1 heterocycles. The summed E-state index contributed by atoms with van der Waals surface area (Å²) in [6.07, 6.45) is 3.01. The third-order valence-electron chi connectivity index (χ3n) is 5.14. The van der Waals surface area contributed by atoms with E-state index in [0.29, 0.717) is 5.92 Å². The topological polar surface area (TPSA) is 41.9 Å². The molecule has 1 amide bonds. The van der Waals surface area contributed by atoms with Crippen LogP contribution in [0.3, 0.4) is 0 Å². The van der Waals surface area contributed by atoms with Crippen molar-refractivity contribution in [2.75, 3.05) is 0 Å². The number of fused-ring (bicyclic) bond motifs is 1. The molecule has 4 nitrogen and oxygen atoms in total. The highest BCUT2D eigenvalue weighted by molar-refractivity contribution is 5.82. The van der Waals surface area contributed by atoms with E-state index in [1.807, 2.05) is 13.8 Å². The number of ether oxygens (including phenoxy) is 1. The van der Waals surface area contributed by atoms with Crippen LogP contribution in [0.2, 0.25) is 0 Å². The van der Waals surface area contributed by atoms with Gasteiger partial charge in [0.2, 0.25) is 0 Å². The van der Waals surface area contributed by atoms with Gasteiger partial charge in [0.05, 0.1) is 0 Å². The van der Waals surface area contributed by atoms with Crippen LogP contribution < -0.4 is 0 Å². The number of nitrogens with zero attached hydrogens (tertiary/aromatic N) is 2. The number of hydrogen-bond acceptors (Lipinski definition) is 3. The first-order valence-corrected chi connectivity index (χ1v) is 6.42. The van der Waals surface area contributed by atoms with Gasteiger partial charge in [-0.1, -0.05) is 13.8 Å². The van der Waals surface area contributed by atoms with Crippen molar-refractivity contribution in [2.45, 2.75) is 58.6 Å². The van der Waals surface area contributed by atoms with Crippen LogP contribution in [0, 0.1) is 11.3 Å². The molecule has 0 aromatic carbocycles. The van der Waals surface area contributed by atoms with E-state index in [-0.39, 0.29) is 23.2 Å². The summed E-state index contributed by atoms with van der Waals surface area (Å²) in [6, 6.07) is 0. The van der Waals surface area contributed by atoms with Crippen LogP contribution in [0.15, 0.2) is 5.10 Å². The zero-order chi connectivity index (χ0) is 12.4. The maximum absolute atomic E-state index is 12.0. The van der Waals surface area contributed by atoms with Gasteiger partial charge in [0.1, 0.15) is 11.6 Å². The Balaban J connectivity index is 2.10. The number of rotatable bonds is 1. The highest BCUT2D eigenvalue weighted by Crippen LogP contribution is 2.65. The average Bonchev–Trinajstić information content (AvgIpc) is 2.72. The van der Waals surface area contributed by atoms with E-state index in [0.717, 1.165) is 18.6 Å². The highest BCUT2D eigenvalue weighted by atomic mass is 16.6. The van der Waals surface area contributed by atoms with Gasteiger partial charge in [0.25, 0.3) is 0 Å². The molecule has 1 aliphatic heterocycles. The fraction of sp³-hybridized carbons (Fsp3) is 0.846. The van der Waals surface area contributed by atoms with Crippen molar-refractivity contribution < 1.29 is 9.53 Å². The van der Waals surface area contributed by atoms with Crippen LogP contribution >= 0.6 is 0 Å². The SMILES string of the molecule is CC(C)=NN1C(=O)O[C@@H]2C[C@H]3CC[C@@]21C3(C)C. The summed E-state index contributed by atoms with van der Waals surface area (Å²) < 4.78 is 5.54. The molecule has 3 rings (SSSR count). The maximum Gasteiger partial charge on any atom is 0.431 e. The molecule has 1 saturated heterocycles. The molecule has 0 aromatic heterocycles. The number of carbonyl (C=O) groups excluding carboxylic acids is 1. The lowest BCUT2D eigenvalue weighted by atomic mass is 9.75. The second-order valence-electron chi connectivity index (χ2n) is 6.35. The first-order chi connectivity index (χ1) is 7.89. The zero-order valence-electron chi connectivity index (χ0n) is 11.0. The van der Waals surface area contributed by atoms with Crippen molar-refractivity contribution in [3.8, 4) is 0 Å². The van der Waals surface area contributed by atoms with Crippen molar-refractivity contribution in [3.63, 3.8) is 0 Å². The van der Waals surface area contributed by atoms with Crippen LogP contribution in [0.5, 0.6) is 0 Å². The van der Waals surface area contributed by atoms with Crippen LogP contribution in [0.25, 0.3) is 0 Å². The Hall–Kier alpha value is -1.06. The lowest BCUT2D eigenvalue weighted by Gasteiger charge is -2.39. The lowest BCUT2D eigenvalue weighted by Crippen LogP contribution is -2.53. The fourth-order valence-electron chi connectivity index (χ4n) is 4.20. The third kappa shape index (κ3) is 1.09. The van der Waals surface area contributed by atoms with Crippen LogP contribution in [-0.2, 0) is 4.74 Å². The molecule has 2 saturated carbocycles. The predicted octanol–water partition coefficient (Wildman–Crippen LogP) is 2.78. The zero-order valence-corrected chi connectivity index (χ0v) is 11.0. The normalized spacial score (nSPS) is 41.4. The quantitative estimate of drug-likeness (QED) is 0.657. The molecule has 0 unspecified atom stereocenters. The summed E-state index contributed by atoms with van der Waals surface area (Å²) in [6.45, 7) is 8.37. The lowest BCUT2D eigenvalue weighted by molar-refractivity contribution is 0.0570. The molecule has 0 N–H and O–H groups in total. The molecule has 17 heavy (non-hydrogen) atoms. The Morgan fingerprint density at radius 1 is 1.47 bits per heavy atom. The first-order valence-electron chi connectivity index (χ1n) is 6.42. The van der Waals surface area contributed by atoms with Crippen molar-refractivity contribution in [1.82, 2.24) is 5.01 Å².